The van der Waals surface area contributed by atoms with Crippen molar-refractivity contribution in [3.05, 3.63) is 95.3 Å². The van der Waals surface area contributed by atoms with Gasteiger partial charge in [0.2, 0.25) is 5.91 Å². The molecule has 8 heteroatoms. The molecule has 2 amide bonds. The second-order valence-electron chi connectivity index (χ2n) is 9.71. The first-order chi connectivity index (χ1) is 18.4. The first-order valence-electron chi connectivity index (χ1n) is 13.0. The van der Waals surface area contributed by atoms with E-state index in [2.05, 4.69) is 16.4 Å². The molecule has 8 nitrogen and oxygen atoms in total. The Labute approximate surface area is 223 Å². The Kier molecular flexibility index (Phi) is 9.08. The Morgan fingerprint density at radius 1 is 1.05 bits per heavy atom. The number of fused-ring (bicyclic) bond motifs is 1. The summed E-state index contributed by atoms with van der Waals surface area (Å²) in [6, 6.07) is 18.3. The molecule has 0 spiro atoms. The van der Waals surface area contributed by atoms with Gasteiger partial charge in [0.25, 0.3) is 5.91 Å². The van der Waals surface area contributed by atoms with Gasteiger partial charge in [0.15, 0.2) is 0 Å². The topological polar surface area (TPSA) is 103 Å². The molecule has 0 bridgehead atoms. The van der Waals surface area contributed by atoms with Crippen molar-refractivity contribution in [2.75, 3.05) is 25.5 Å². The lowest BCUT2D eigenvalue weighted by Crippen LogP contribution is -2.42. The molecular weight excluding hydrogens is 480 g/mol. The smallest absolute Gasteiger partial charge is 0.305 e. The van der Waals surface area contributed by atoms with E-state index in [9.17, 15) is 19.5 Å². The number of aliphatic carboxylic acids is 1. The van der Waals surface area contributed by atoms with Crippen LogP contribution in [0.3, 0.4) is 0 Å². The number of nitrogens with zero attached hydrogens (tertiary/aromatic N) is 3. The Morgan fingerprint density at radius 2 is 1.84 bits per heavy atom. The number of carbonyl (C=O) groups excluding carboxylic acids is 2. The highest BCUT2D eigenvalue weighted by Crippen LogP contribution is 2.26. The van der Waals surface area contributed by atoms with Gasteiger partial charge in [-0.1, -0.05) is 42.5 Å². The largest absolute Gasteiger partial charge is 0.481 e. The average molecular weight is 515 g/mol. The minimum atomic E-state index is -1.06. The summed E-state index contributed by atoms with van der Waals surface area (Å²) in [6.07, 6.45) is 6.69. The van der Waals surface area contributed by atoms with E-state index in [1.807, 2.05) is 48.7 Å². The normalized spacial score (nSPS) is 14.8. The Balaban J connectivity index is 1.43. The number of nitrogens with one attached hydrogen (secondary N) is 1. The molecule has 3 aromatic rings. The van der Waals surface area contributed by atoms with E-state index < -0.39 is 12.0 Å². The van der Waals surface area contributed by atoms with E-state index in [1.54, 1.807) is 35.2 Å². The van der Waals surface area contributed by atoms with E-state index in [0.29, 0.717) is 37.3 Å². The van der Waals surface area contributed by atoms with Gasteiger partial charge < -0.3 is 20.2 Å². The lowest BCUT2D eigenvalue weighted by molar-refractivity contribution is -0.141. The van der Waals surface area contributed by atoms with Crippen LogP contribution < -0.4 is 5.32 Å². The quantitative estimate of drug-likeness (QED) is 0.375. The number of carbonyl (C=O) groups is 3. The standard InChI is InChI=1S/C30H34N4O4/c1-33(16-6-5-10-23-11-7-15-31-20-23)29(37)24-12-13-25-21-34(17-14-22-8-3-2-4-9-22)30(38)27(19-28(35)36)32-26(25)18-24/h2-4,7-9,11-13,15,18,20,27,32H,5-6,10,14,16-17,19,21H2,1H3,(H,35,36)/t27-/m1/s1. The van der Waals surface area contributed by atoms with Crippen LogP contribution in [0.2, 0.25) is 0 Å². The monoisotopic (exact) mass is 514 g/mol. The van der Waals surface area contributed by atoms with E-state index in [-0.39, 0.29) is 18.2 Å². The third-order valence-electron chi connectivity index (χ3n) is 6.83. The van der Waals surface area contributed by atoms with Crippen molar-refractivity contribution in [2.24, 2.45) is 0 Å². The van der Waals surface area contributed by atoms with Gasteiger partial charge in [-0.15, -0.1) is 0 Å². The van der Waals surface area contributed by atoms with Crippen molar-refractivity contribution in [1.82, 2.24) is 14.8 Å². The third-order valence-corrected chi connectivity index (χ3v) is 6.83. The van der Waals surface area contributed by atoms with Gasteiger partial charge in [-0.3, -0.25) is 19.4 Å². The molecule has 0 unspecified atom stereocenters. The van der Waals surface area contributed by atoms with Crippen molar-refractivity contribution < 1.29 is 19.5 Å². The summed E-state index contributed by atoms with van der Waals surface area (Å²) in [5, 5.41) is 12.6. The highest BCUT2D eigenvalue weighted by atomic mass is 16.4. The fourth-order valence-corrected chi connectivity index (χ4v) is 4.69. The minimum Gasteiger partial charge on any atom is -0.481 e. The van der Waals surface area contributed by atoms with Gasteiger partial charge in [0.1, 0.15) is 6.04 Å². The molecule has 1 atom stereocenters. The van der Waals surface area contributed by atoms with Crippen LogP contribution in [0, 0.1) is 0 Å². The van der Waals surface area contributed by atoms with Crippen molar-refractivity contribution in [1.29, 1.82) is 0 Å². The summed E-state index contributed by atoms with van der Waals surface area (Å²) >= 11 is 0. The summed E-state index contributed by atoms with van der Waals surface area (Å²) in [5.74, 6) is -1.42. The maximum absolute atomic E-state index is 13.3. The van der Waals surface area contributed by atoms with Crippen LogP contribution in [-0.2, 0) is 29.0 Å². The molecule has 4 rings (SSSR count). The zero-order chi connectivity index (χ0) is 26.9. The number of rotatable bonds is 11. The number of carboxylic acid groups (broad SMARTS) is 1. The molecule has 1 aliphatic heterocycles. The zero-order valence-electron chi connectivity index (χ0n) is 21.7. The highest BCUT2D eigenvalue weighted by Gasteiger charge is 2.31. The van der Waals surface area contributed by atoms with Crippen LogP contribution in [0.15, 0.2) is 73.1 Å². The number of hydrogen-bond acceptors (Lipinski definition) is 5. The van der Waals surface area contributed by atoms with E-state index in [0.717, 1.165) is 30.4 Å². The van der Waals surface area contributed by atoms with E-state index >= 15 is 0 Å². The Hall–Kier alpha value is -4.20. The number of unbranched alkanes of at least 4 members (excludes halogenated alkanes) is 1. The molecule has 0 saturated carbocycles. The van der Waals surface area contributed by atoms with Crippen LogP contribution in [0.1, 0.15) is 46.3 Å². The number of hydrogen-bond donors (Lipinski definition) is 2. The molecule has 198 valence electrons. The lowest BCUT2D eigenvalue weighted by Gasteiger charge is -2.24. The van der Waals surface area contributed by atoms with Gasteiger partial charge >= 0.3 is 5.97 Å². The molecule has 1 aliphatic rings. The molecule has 0 saturated heterocycles. The predicted molar refractivity (Wildman–Crippen MR) is 146 cm³/mol. The minimum absolute atomic E-state index is 0.109. The van der Waals surface area contributed by atoms with Crippen LogP contribution in [0.25, 0.3) is 0 Å². The molecular formula is C30H34N4O4. The lowest BCUT2D eigenvalue weighted by atomic mass is 10.1. The number of benzene rings is 2. The van der Waals surface area contributed by atoms with E-state index in [4.69, 9.17) is 0 Å². The second-order valence-corrected chi connectivity index (χ2v) is 9.71. The number of carboxylic acids is 1. The van der Waals surface area contributed by atoms with Crippen molar-refractivity contribution in [2.45, 2.75) is 44.7 Å². The SMILES string of the molecule is CN(CCCCc1cccnc1)C(=O)c1ccc2c(c1)N[C@H](CC(=O)O)C(=O)N(CCc1ccccc1)C2. The molecule has 0 aliphatic carbocycles. The van der Waals surface area contributed by atoms with Gasteiger partial charge in [-0.25, -0.2) is 0 Å². The average Bonchev–Trinajstić information content (AvgIpc) is 3.05. The summed E-state index contributed by atoms with van der Waals surface area (Å²) in [6.45, 7) is 1.45. The van der Waals surface area contributed by atoms with Crippen LogP contribution in [0.4, 0.5) is 5.69 Å². The zero-order valence-corrected chi connectivity index (χ0v) is 21.7. The third kappa shape index (κ3) is 7.18. The van der Waals surface area contributed by atoms with Gasteiger partial charge in [0.05, 0.1) is 6.42 Å². The van der Waals surface area contributed by atoms with Gasteiger partial charge in [0, 0.05) is 50.3 Å². The first-order valence-corrected chi connectivity index (χ1v) is 13.0. The van der Waals surface area contributed by atoms with Gasteiger partial charge in [-0.05, 0) is 60.6 Å². The summed E-state index contributed by atoms with van der Waals surface area (Å²) < 4.78 is 0. The van der Waals surface area contributed by atoms with Crippen molar-refractivity contribution in [3.63, 3.8) is 0 Å². The molecule has 1 aromatic heterocycles. The van der Waals surface area contributed by atoms with Gasteiger partial charge in [-0.2, -0.15) is 0 Å². The molecule has 2 heterocycles. The number of pyridine rings is 1. The fourth-order valence-electron chi connectivity index (χ4n) is 4.69. The highest BCUT2D eigenvalue weighted by molar-refractivity contribution is 5.96. The van der Waals surface area contributed by atoms with Crippen molar-refractivity contribution in [3.8, 4) is 0 Å². The molecule has 0 fully saturated rings. The fraction of sp³-hybridized carbons (Fsp3) is 0.333. The molecule has 2 aromatic carbocycles. The summed E-state index contributed by atoms with van der Waals surface area (Å²) in [4.78, 5) is 45.5. The van der Waals surface area contributed by atoms with Crippen LogP contribution in [0.5, 0.6) is 0 Å². The Morgan fingerprint density at radius 3 is 2.58 bits per heavy atom. The van der Waals surface area contributed by atoms with Crippen LogP contribution >= 0.6 is 0 Å². The summed E-state index contributed by atoms with van der Waals surface area (Å²) in [7, 11) is 1.79. The maximum Gasteiger partial charge on any atom is 0.305 e. The van der Waals surface area contributed by atoms with Crippen molar-refractivity contribution >= 4 is 23.5 Å². The number of anilines is 1. The molecule has 2 N–H and O–H groups in total. The first kappa shape index (κ1) is 26.9. The number of amides is 2. The Bertz CT molecular complexity index is 1250. The predicted octanol–water partition coefficient (Wildman–Crippen LogP) is 4.02. The van der Waals surface area contributed by atoms with Crippen LogP contribution in [-0.4, -0.2) is 63.9 Å². The summed E-state index contributed by atoms with van der Waals surface area (Å²) in [5.41, 5.74) is 4.28. The molecule has 0 radical (unpaired) electrons. The number of aryl methyl sites for hydroxylation is 1. The number of aromatic nitrogens is 1. The second kappa shape index (κ2) is 12.9. The van der Waals surface area contributed by atoms with E-state index in [1.165, 1.54) is 5.56 Å². The molecule has 38 heavy (non-hydrogen) atoms. The maximum atomic E-state index is 13.3.